The highest BCUT2D eigenvalue weighted by Gasteiger charge is 1.90. The van der Waals surface area contributed by atoms with E-state index in [1.165, 1.54) is 44.9 Å². The third-order valence-corrected chi connectivity index (χ3v) is 2.63. The molecule has 1 heteroatoms. The van der Waals surface area contributed by atoms with Crippen molar-refractivity contribution in [1.29, 1.82) is 0 Å². The molecule has 0 radical (unpaired) electrons. The van der Waals surface area contributed by atoms with Gasteiger partial charge in [-0.25, -0.2) is 0 Å². The molecule has 0 unspecified atom stereocenters. The SMILES string of the molecule is C/C=C\C=C\CCCCCCCCCC=O. The normalized spacial score (nSPS) is 11.6. The number of hydrogen-bond donors (Lipinski definition) is 0. The van der Waals surface area contributed by atoms with Crippen molar-refractivity contribution in [2.45, 2.75) is 64.7 Å². The Morgan fingerprint density at radius 2 is 1.31 bits per heavy atom. The Morgan fingerprint density at radius 3 is 1.88 bits per heavy atom. The van der Waals surface area contributed by atoms with Crippen LogP contribution in [-0.4, -0.2) is 6.29 Å². The molecule has 0 heterocycles. The van der Waals surface area contributed by atoms with Gasteiger partial charge < -0.3 is 4.79 Å². The number of allylic oxidation sites excluding steroid dienone is 4. The van der Waals surface area contributed by atoms with Crippen LogP contribution in [0.4, 0.5) is 0 Å². The second kappa shape index (κ2) is 14.2. The van der Waals surface area contributed by atoms with Crippen LogP contribution in [0, 0.1) is 0 Å². The van der Waals surface area contributed by atoms with Gasteiger partial charge in [0.15, 0.2) is 0 Å². The molecule has 0 aromatic rings. The van der Waals surface area contributed by atoms with Gasteiger partial charge in [-0.3, -0.25) is 0 Å². The van der Waals surface area contributed by atoms with Crippen molar-refractivity contribution < 1.29 is 4.79 Å². The molecule has 1 nitrogen and oxygen atoms in total. The lowest BCUT2D eigenvalue weighted by atomic mass is 10.1. The van der Waals surface area contributed by atoms with Crippen LogP contribution < -0.4 is 0 Å². The van der Waals surface area contributed by atoms with E-state index in [0.717, 1.165) is 19.1 Å². The van der Waals surface area contributed by atoms with Crippen LogP contribution in [0.1, 0.15) is 64.7 Å². The van der Waals surface area contributed by atoms with Crippen molar-refractivity contribution in [2.75, 3.05) is 0 Å². The summed E-state index contributed by atoms with van der Waals surface area (Å²) in [5.74, 6) is 0. The van der Waals surface area contributed by atoms with Crippen molar-refractivity contribution in [1.82, 2.24) is 0 Å². The van der Waals surface area contributed by atoms with E-state index in [0.29, 0.717) is 0 Å². The second-order valence-electron chi connectivity index (χ2n) is 4.17. The second-order valence-corrected chi connectivity index (χ2v) is 4.17. The Balaban J connectivity index is 3.01. The van der Waals surface area contributed by atoms with Crippen LogP contribution >= 0.6 is 0 Å². The summed E-state index contributed by atoms with van der Waals surface area (Å²) in [5.41, 5.74) is 0. The van der Waals surface area contributed by atoms with Gasteiger partial charge >= 0.3 is 0 Å². The molecule has 0 spiro atoms. The minimum absolute atomic E-state index is 0.746. The summed E-state index contributed by atoms with van der Waals surface area (Å²) in [7, 11) is 0. The quantitative estimate of drug-likeness (QED) is 0.278. The minimum atomic E-state index is 0.746. The lowest BCUT2D eigenvalue weighted by Gasteiger charge is -1.99. The Morgan fingerprint density at radius 1 is 0.750 bits per heavy atom. The standard InChI is InChI=1S/C15H26O/c1-2-3-4-5-6-7-8-9-10-11-12-13-14-15-16/h2-5,15H,6-14H2,1H3/b3-2-,5-4+. The Labute approximate surface area is 101 Å². The molecule has 0 saturated heterocycles. The topological polar surface area (TPSA) is 17.1 Å². The summed E-state index contributed by atoms with van der Waals surface area (Å²) in [6.07, 6.45) is 20.4. The van der Waals surface area contributed by atoms with Gasteiger partial charge in [-0.05, 0) is 26.2 Å². The van der Waals surface area contributed by atoms with Gasteiger partial charge in [-0.15, -0.1) is 0 Å². The predicted molar refractivity (Wildman–Crippen MR) is 71.6 cm³/mol. The lowest BCUT2D eigenvalue weighted by Crippen LogP contribution is -1.81. The Kier molecular flexibility index (Phi) is 13.4. The van der Waals surface area contributed by atoms with Crippen molar-refractivity contribution in [3.8, 4) is 0 Å². The molecule has 0 aromatic carbocycles. The van der Waals surface area contributed by atoms with Crippen LogP contribution in [-0.2, 0) is 4.79 Å². The molecule has 0 saturated carbocycles. The Hall–Kier alpha value is -0.850. The van der Waals surface area contributed by atoms with Crippen LogP contribution in [0.3, 0.4) is 0 Å². The van der Waals surface area contributed by atoms with Gasteiger partial charge in [0, 0.05) is 6.42 Å². The third-order valence-electron chi connectivity index (χ3n) is 2.63. The highest BCUT2D eigenvalue weighted by atomic mass is 16.1. The van der Waals surface area contributed by atoms with E-state index >= 15 is 0 Å². The molecular weight excluding hydrogens is 196 g/mol. The summed E-state index contributed by atoms with van der Waals surface area (Å²) < 4.78 is 0. The molecule has 0 aliphatic rings. The molecule has 0 N–H and O–H groups in total. The van der Waals surface area contributed by atoms with Crippen molar-refractivity contribution in [3.63, 3.8) is 0 Å². The zero-order chi connectivity index (χ0) is 11.9. The smallest absolute Gasteiger partial charge is 0.119 e. The van der Waals surface area contributed by atoms with Crippen LogP contribution in [0.25, 0.3) is 0 Å². The van der Waals surface area contributed by atoms with Crippen molar-refractivity contribution >= 4 is 6.29 Å². The first-order chi connectivity index (χ1) is 7.91. The van der Waals surface area contributed by atoms with E-state index in [1.54, 1.807) is 0 Å². The third kappa shape index (κ3) is 13.2. The average Bonchev–Trinajstić information content (AvgIpc) is 2.31. The van der Waals surface area contributed by atoms with E-state index in [2.05, 4.69) is 24.3 Å². The number of carbonyl (C=O) groups excluding carboxylic acids is 1. The van der Waals surface area contributed by atoms with Crippen LogP contribution in [0.2, 0.25) is 0 Å². The molecule has 0 aliphatic carbocycles. The highest BCUT2D eigenvalue weighted by molar-refractivity contribution is 5.48. The monoisotopic (exact) mass is 222 g/mol. The molecule has 16 heavy (non-hydrogen) atoms. The molecule has 0 bridgehead atoms. The van der Waals surface area contributed by atoms with Crippen LogP contribution in [0.5, 0.6) is 0 Å². The van der Waals surface area contributed by atoms with E-state index in [4.69, 9.17) is 0 Å². The summed E-state index contributed by atoms with van der Waals surface area (Å²) in [5, 5.41) is 0. The summed E-state index contributed by atoms with van der Waals surface area (Å²) >= 11 is 0. The maximum atomic E-state index is 10.1. The molecule has 0 fully saturated rings. The van der Waals surface area contributed by atoms with E-state index in [-0.39, 0.29) is 0 Å². The van der Waals surface area contributed by atoms with E-state index < -0.39 is 0 Å². The first kappa shape index (κ1) is 15.2. The van der Waals surface area contributed by atoms with Gasteiger partial charge in [0.25, 0.3) is 0 Å². The van der Waals surface area contributed by atoms with E-state index in [1.807, 2.05) is 6.92 Å². The van der Waals surface area contributed by atoms with Gasteiger partial charge in [-0.1, -0.05) is 56.4 Å². The molecule has 0 aliphatic heterocycles. The fourth-order valence-electron chi connectivity index (χ4n) is 1.66. The predicted octanol–water partition coefficient (Wildman–Crippen LogP) is 4.83. The fourth-order valence-corrected chi connectivity index (χ4v) is 1.66. The Bertz CT molecular complexity index is 192. The molecular formula is C15H26O. The zero-order valence-corrected chi connectivity index (χ0v) is 10.7. The number of aldehydes is 1. The zero-order valence-electron chi connectivity index (χ0n) is 10.7. The summed E-state index contributed by atoms with van der Waals surface area (Å²) in [4.78, 5) is 10.1. The maximum Gasteiger partial charge on any atom is 0.119 e. The minimum Gasteiger partial charge on any atom is -0.303 e. The number of hydrogen-bond acceptors (Lipinski definition) is 1. The van der Waals surface area contributed by atoms with Gasteiger partial charge in [0.1, 0.15) is 6.29 Å². The molecule has 0 amide bonds. The maximum absolute atomic E-state index is 10.1. The molecule has 0 atom stereocenters. The fraction of sp³-hybridized carbons (Fsp3) is 0.667. The first-order valence-corrected chi connectivity index (χ1v) is 6.63. The van der Waals surface area contributed by atoms with Crippen molar-refractivity contribution in [2.24, 2.45) is 0 Å². The van der Waals surface area contributed by atoms with Gasteiger partial charge in [0.2, 0.25) is 0 Å². The molecule has 92 valence electrons. The van der Waals surface area contributed by atoms with E-state index in [9.17, 15) is 4.79 Å². The number of rotatable bonds is 11. The summed E-state index contributed by atoms with van der Waals surface area (Å²) in [6.45, 7) is 2.04. The molecule has 0 aromatic heterocycles. The van der Waals surface area contributed by atoms with Gasteiger partial charge in [-0.2, -0.15) is 0 Å². The average molecular weight is 222 g/mol. The largest absolute Gasteiger partial charge is 0.303 e. The number of carbonyl (C=O) groups is 1. The first-order valence-electron chi connectivity index (χ1n) is 6.63. The van der Waals surface area contributed by atoms with Gasteiger partial charge in [0.05, 0.1) is 0 Å². The van der Waals surface area contributed by atoms with Crippen molar-refractivity contribution in [3.05, 3.63) is 24.3 Å². The highest BCUT2D eigenvalue weighted by Crippen LogP contribution is 2.09. The van der Waals surface area contributed by atoms with Crippen LogP contribution in [0.15, 0.2) is 24.3 Å². The summed E-state index contributed by atoms with van der Waals surface area (Å²) in [6, 6.07) is 0. The molecule has 0 rings (SSSR count). The number of unbranched alkanes of at least 4 members (excludes halogenated alkanes) is 8. The lowest BCUT2D eigenvalue weighted by molar-refractivity contribution is -0.107.